The minimum absolute atomic E-state index is 0.217. The standard InChI is InChI=1S/C19H16N6O2/c26-17-13-4-2-1-3-12(13)16(24-25-17)10-5-8-14-15(9-10)22-18(21-14)23-19(27)20-11-6-7-11/h1-5,8-9,11H,6-7H2,(H,25,26)(H3,20,21,22,23,27). The number of benzene rings is 2. The van der Waals surface area contributed by atoms with Crippen molar-refractivity contribution in [1.82, 2.24) is 25.5 Å². The van der Waals surface area contributed by atoms with Gasteiger partial charge < -0.3 is 10.3 Å². The van der Waals surface area contributed by atoms with Crippen molar-refractivity contribution >= 4 is 33.8 Å². The molecular formula is C19H16N6O2. The van der Waals surface area contributed by atoms with Crippen LogP contribution in [0.4, 0.5) is 10.7 Å². The van der Waals surface area contributed by atoms with Gasteiger partial charge in [-0.1, -0.05) is 24.3 Å². The maximum absolute atomic E-state index is 12.0. The Bertz CT molecular complexity index is 1240. The molecule has 4 aromatic rings. The molecule has 0 bridgehead atoms. The quantitative estimate of drug-likeness (QED) is 0.449. The van der Waals surface area contributed by atoms with Gasteiger partial charge in [-0.25, -0.2) is 14.9 Å². The lowest BCUT2D eigenvalue weighted by Gasteiger charge is -2.04. The third kappa shape index (κ3) is 2.91. The van der Waals surface area contributed by atoms with Gasteiger partial charge in [0.15, 0.2) is 0 Å². The van der Waals surface area contributed by atoms with Crippen molar-refractivity contribution in [2.75, 3.05) is 5.32 Å². The van der Waals surface area contributed by atoms with E-state index in [0.717, 1.165) is 34.8 Å². The predicted octanol–water partition coefficient (Wildman–Crippen LogP) is 2.75. The van der Waals surface area contributed by atoms with Crippen LogP contribution in [0.25, 0.3) is 33.1 Å². The Labute approximate surface area is 153 Å². The number of carbonyl (C=O) groups is 1. The summed E-state index contributed by atoms with van der Waals surface area (Å²) < 4.78 is 0. The lowest BCUT2D eigenvalue weighted by molar-refractivity contribution is 0.251. The van der Waals surface area contributed by atoms with Gasteiger partial charge in [-0.2, -0.15) is 5.10 Å². The summed E-state index contributed by atoms with van der Waals surface area (Å²) >= 11 is 0. The molecule has 0 spiro atoms. The first-order chi connectivity index (χ1) is 13.2. The zero-order valence-corrected chi connectivity index (χ0v) is 14.2. The molecule has 2 amide bonds. The smallest absolute Gasteiger partial charge is 0.321 e. The highest BCUT2D eigenvalue weighted by atomic mass is 16.2. The Morgan fingerprint density at radius 2 is 1.93 bits per heavy atom. The lowest BCUT2D eigenvalue weighted by Crippen LogP contribution is -2.30. The van der Waals surface area contributed by atoms with E-state index >= 15 is 0 Å². The van der Waals surface area contributed by atoms with Gasteiger partial charge >= 0.3 is 6.03 Å². The van der Waals surface area contributed by atoms with Crippen molar-refractivity contribution in [1.29, 1.82) is 0 Å². The number of hydrogen-bond acceptors (Lipinski definition) is 4. The fourth-order valence-electron chi connectivity index (χ4n) is 3.11. The second-order valence-corrected chi connectivity index (χ2v) is 6.64. The number of amides is 2. The largest absolute Gasteiger partial charge is 0.335 e. The highest BCUT2D eigenvalue weighted by Crippen LogP contribution is 2.27. The number of nitrogens with one attached hydrogen (secondary N) is 4. The summed E-state index contributed by atoms with van der Waals surface area (Å²) in [5.74, 6) is 0.389. The van der Waals surface area contributed by atoms with Gasteiger partial charge in [-0.15, -0.1) is 0 Å². The molecule has 134 valence electrons. The Kier molecular flexibility index (Phi) is 3.43. The molecule has 27 heavy (non-hydrogen) atoms. The molecule has 5 rings (SSSR count). The predicted molar refractivity (Wildman–Crippen MR) is 103 cm³/mol. The van der Waals surface area contributed by atoms with Crippen molar-refractivity contribution in [3.63, 3.8) is 0 Å². The molecule has 0 saturated heterocycles. The lowest BCUT2D eigenvalue weighted by atomic mass is 10.0. The van der Waals surface area contributed by atoms with Gasteiger partial charge in [-0.3, -0.25) is 10.1 Å². The maximum atomic E-state index is 12.0. The number of fused-ring (bicyclic) bond motifs is 2. The summed E-state index contributed by atoms with van der Waals surface area (Å²) in [5, 5.41) is 13.7. The molecule has 2 heterocycles. The summed E-state index contributed by atoms with van der Waals surface area (Å²) in [6.45, 7) is 0. The van der Waals surface area contributed by atoms with E-state index in [0.29, 0.717) is 17.0 Å². The van der Waals surface area contributed by atoms with Crippen LogP contribution in [-0.4, -0.2) is 32.2 Å². The Hall–Kier alpha value is -3.68. The molecule has 2 aromatic carbocycles. The van der Waals surface area contributed by atoms with Gasteiger partial charge in [0.05, 0.1) is 22.1 Å². The minimum Gasteiger partial charge on any atom is -0.335 e. The number of aromatic nitrogens is 4. The first-order valence-electron chi connectivity index (χ1n) is 8.72. The average Bonchev–Trinajstić information content (AvgIpc) is 3.38. The van der Waals surface area contributed by atoms with Gasteiger partial charge in [0.1, 0.15) is 0 Å². The summed E-state index contributed by atoms with van der Waals surface area (Å²) in [6.07, 6.45) is 2.05. The van der Waals surface area contributed by atoms with Crippen LogP contribution in [0.2, 0.25) is 0 Å². The number of hydrogen-bond donors (Lipinski definition) is 4. The fraction of sp³-hybridized carbons (Fsp3) is 0.158. The zero-order chi connectivity index (χ0) is 18.4. The number of nitrogens with zero attached hydrogens (tertiary/aromatic N) is 2. The van der Waals surface area contributed by atoms with Crippen molar-refractivity contribution in [3.05, 3.63) is 52.8 Å². The summed E-state index contributed by atoms with van der Waals surface area (Å²) in [5.41, 5.74) is 2.81. The van der Waals surface area contributed by atoms with E-state index in [1.807, 2.05) is 36.4 Å². The number of carbonyl (C=O) groups excluding carboxylic acids is 1. The van der Waals surface area contributed by atoms with E-state index in [1.54, 1.807) is 6.07 Å². The van der Waals surface area contributed by atoms with Crippen LogP contribution in [0.5, 0.6) is 0 Å². The number of anilines is 1. The molecule has 8 heteroatoms. The van der Waals surface area contributed by atoms with Gasteiger partial charge in [0.25, 0.3) is 5.56 Å². The third-order valence-corrected chi connectivity index (χ3v) is 4.60. The number of rotatable bonds is 3. The molecule has 4 N–H and O–H groups in total. The van der Waals surface area contributed by atoms with Crippen LogP contribution in [0.3, 0.4) is 0 Å². The second kappa shape index (κ2) is 5.94. The van der Waals surface area contributed by atoms with Crippen molar-refractivity contribution < 1.29 is 4.79 Å². The van der Waals surface area contributed by atoms with Crippen LogP contribution < -0.4 is 16.2 Å². The Morgan fingerprint density at radius 1 is 1.11 bits per heavy atom. The molecule has 1 aliphatic carbocycles. The van der Waals surface area contributed by atoms with Crippen LogP contribution in [0.15, 0.2) is 47.3 Å². The summed E-state index contributed by atoms with van der Waals surface area (Å²) in [7, 11) is 0. The van der Waals surface area contributed by atoms with Crippen LogP contribution in [-0.2, 0) is 0 Å². The van der Waals surface area contributed by atoms with Gasteiger partial charge in [-0.05, 0) is 31.0 Å². The molecule has 0 aliphatic heterocycles. The van der Waals surface area contributed by atoms with Gasteiger partial charge in [0.2, 0.25) is 5.95 Å². The first-order valence-corrected chi connectivity index (χ1v) is 8.72. The normalized spacial score (nSPS) is 13.8. The zero-order valence-electron chi connectivity index (χ0n) is 14.2. The molecule has 8 nitrogen and oxygen atoms in total. The van der Waals surface area contributed by atoms with E-state index in [4.69, 9.17) is 0 Å². The molecule has 0 radical (unpaired) electrons. The third-order valence-electron chi connectivity index (χ3n) is 4.60. The SMILES string of the molecule is O=C(Nc1nc2ccc(-c3n[nH]c(=O)c4ccccc34)cc2[nH]1)NC1CC1. The monoisotopic (exact) mass is 360 g/mol. The average molecular weight is 360 g/mol. The second-order valence-electron chi connectivity index (χ2n) is 6.64. The summed E-state index contributed by atoms with van der Waals surface area (Å²) in [6, 6.07) is 13.0. The van der Waals surface area contributed by atoms with Crippen molar-refractivity contribution in [3.8, 4) is 11.3 Å². The molecule has 0 atom stereocenters. The number of H-pyrrole nitrogens is 2. The Morgan fingerprint density at radius 3 is 2.74 bits per heavy atom. The van der Waals surface area contributed by atoms with Crippen molar-refractivity contribution in [2.24, 2.45) is 0 Å². The Balaban J connectivity index is 1.52. The molecule has 2 aromatic heterocycles. The highest BCUT2D eigenvalue weighted by molar-refractivity contribution is 5.96. The van der Waals surface area contributed by atoms with E-state index in [2.05, 4.69) is 30.8 Å². The van der Waals surface area contributed by atoms with E-state index < -0.39 is 0 Å². The van der Waals surface area contributed by atoms with Crippen LogP contribution in [0.1, 0.15) is 12.8 Å². The molecule has 1 aliphatic rings. The minimum atomic E-state index is -0.259. The van der Waals surface area contributed by atoms with E-state index in [-0.39, 0.29) is 17.6 Å². The van der Waals surface area contributed by atoms with Crippen LogP contribution in [0, 0.1) is 0 Å². The fourth-order valence-corrected chi connectivity index (χ4v) is 3.11. The first kappa shape index (κ1) is 15.6. The van der Waals surface area contributed by atoms with E-state index in [1.165, 1.54) is 0 Å². The number of imidazole rings is 1. The van der Waals surface area contributed by atoms with E-state index in [9.17, 15) is 9.59 Å². The number of urea groups is 1. The maximum Gasteiger partial charge on any atom is 0.321 e. The molecular weight excluding hydrogens is 344 g/mol. The van der Waals surface area contributed by atoms with Crippen molar-refractivity contribution in [2.45, 2.75) is 18.9 Å². The van der Waals surface area contributed by atoms with Crippen LogP contribution >= 0.6 is 0 Å². The molecule has 1 fully saturated rings. The summed E-state index contributed by atoms with van der Waals surface area (Å²) in [4.78, 5) is 31.4. The molecule has 0 unspecified atom stereocenters. The highest BCUT2D eigenvalue weighted by Gasteiger charge is 2.23. The number of aromatic amines is 2. The topological polar surface area (TPSA) is 116 Å². The van der Waals surface area contributed by atoms with Gasteiger partial charge in [0, 0.05) is 17.0 Å². The molecule has 1 saturated carbocycles.